The lowest BCUT2D eigenvalue weighted by Gasteiger charge is -2.00. The SMILES string of the molecule is O=S1(=O)c2cc(Br)ccc2-c2cccc(O)c21. The van der Waals surface area contributed by atoms with E-state index in [9.17, 15) is 13.5 Å². The van der Waals surface area contributed by atoms with E-state index in [0.717, 1.165) is 0 Å². The van der Waals surface area contributed by atoms with E-state index < -0.39 is 9.84 Å². The van der Waals surface area contributed by atoms with Crippen LogP contribution in [0.2, 0.25) is 0 Å². The third-order valence-electron chi connectivity index (χ3n) is 2.79. The molecule has 1 N–H and O–H groups in total. The van der Waals surface area contributed by atoms with Gasteiger partial charge in [-0.05, 0) is 18.2 Å². The van der Waals surface area contributed by atoms with Crippen LogP contribution in [0.1, 0.15) is 0 Å². The average molecular weight is 311 g/mol. The quantitative estimate of drug-likeness (QED) is 0.694. The Morgan fingerprint density at radius 2 is 1.82 bits per heavy atom. The van der Waals surface area contributed by atoms with Gasteiger partial charge in [0.2, 0.25) is 9.84 Å². The highest BCUT2D eigenvalue weighted by molar-refractivity contribution is 9.10. The molecule has 0 aromatic heterocycles. The van der Waals surface area contributed by atoms with Crippen molar-refractivity contribution in [2.75, 3.05) is 0 Å². The number of phenols is 1. The molecule has 1 aliphatic heterocycles. The molecule has 0 amide bonds. The predicted molar refractivity (Wildman–Crippen MR) is 66.7 cm³/mol. The number of sulfone groups is 1. The first-order chi connectivity index (χ1) is 8.01. The first-order valence-corrected chi connectivity index (χ1v) is 7.16. The van der Waals surface area contributed by atoms with Gasteiger partial charge in [0, 0.05) is 15.6 Å². The number of fused-ring (bicyclic) bond motifs is 3. The van der Waals surface area contributed by atoms with Crippen molar-refractivity contribution in [3.05, 3.63) is 40.9 Å². The van der Waals surface area contributed by atoms with E-state index in [1.807, 2.05) is 0 Å². The summed E-state index contributed by atoms with van der Waals surface area (Å²) in [5.74, 6) is -0.199. The van der Waals surface area contributed by atoms with Crippen molar-refractivity contribution in [2.24, 2.45) is 0 Å². The van der Waals surface area contributed by atoms with E-state index in [-0.39, 0.29) is 15.5 Å². The van der Waals surface area contributed by atoms with E-state index in [4.69, 9.17) is 0 Å². The van der Waals surface area contributed by atoms with E-state index >= 15 is 0 Å². The van der Waals surface area contributed by atoms with E-state index in [1.54, 1.807) is 30.3 Å². The van der Waals surface area contributed by atoms with Crippen LogP contribution in [0.25, 0.3) is 11.1 Å². The maximum atomic E-state index is 12.3. The van der Waals surface area contributed by atoms with E-state index in [1.165, 1.54) is 6.07 Å². The molecule has 5 heteroatoms. The fourth-order valence-corrected chi connectivity index (χ4v) is 4.36. The van der Waals surface area contributed by atoms with Crippen molar-refractivity contribution in [3.63, 3.8) is 0 Å². The molecule has 0 aliphatic carbocycles. The molecule has 3 rings (SSSR count). The lowest BCUT2D eigenvalue weighted by atomic mass is 10.1. The maximum absolute atomic E-state index is 12.3. The van der Waals surface area contributed by atoms with Crippen LogP contribution in [0.3, 0.4) is 0 Å². The van der Waals surface area contributed by atoms with Crippen LogP contribution < -0.4 is 0 Å². The van der Waals surface area contributed by atoms with Gasteiger partial charge in [0.1, 0.15) is 10.6 Å². The highest BCUT2D eigenvalue weighted by atomic mass is 79.9. The van der Waals surface area contributed by atoms with Crippen molar-refractivity contribution in [1.29, 1.82) is 0 Å². The Labute approximate surface area is 107 Å². The maximum Gasteiger partial charge on any atom is 0.211 e. The van der Waals surface area contributed by atoms with Gasteiger partial charge in [-0.25, -0.2) is 8.42 Å². The van der Waals surface area contributed by atoms with Crippen LogP contribution in [-0.2, 0) is 9.84 Å². The largest absolute Gasteiger partial charge is 0.507 e. The van der Waals surface area contributed by atoms with Crippen molar-refractivity contribution < 1.29 is 13.5 Å². The Morgan fingerprint density at radius 1 is 1.06 bits per heavy atom. The van der Waals surface area contributed by atoms with Crippen LogP contribution in [0.15, 0.2) is 50.7 Å². The Balaban J connectivity index is 2.51. The fraction of sp³-hybridized carbons (Fsp3) is 0. The Kier molecular flexibility index (Phi) is 2.12. The molecule has 86 valence electrons. The summed E-state index contributed by atoms with van der Waals surface area (Å²) >= 11 is 3.25. The molecule has 0 radical (unpaired) electrons. The second kappa shape index (κ2) is 3.34. The first-order valence-electron chi connectivity index (χ1n) is 4.89. The highest BCUT2D eigenvalue weighted by Crippen LogP contribution is 2.47. The molecule has 0 fully saturated rings. The van der Waals surface area contributed by atoms with Crippen LogP contribution in [0.5, 0.6) is 5.75 Å². The van der Waals surface area contributed by atoms with Crippen LogP contribution in [-0.4, -0.2) is 13.5 Å². The zero-order valence-corrected chi connectivity index (χ0v) is 10.9. The molecule has 2 aromatic rings. The fourth-order valence-electron chi connectivity index (χ4n) is 2.07. The topological polar surface area (TPSA) is 54.4 Å². The minimum atomic E-state index is -3.60. The van der Waals surface area contributed by atoms with Crippen LogP contribution in [0.4, 0.5) is 0 Å². The molecule has 0 unspecified atom stereocenters. The molecule has 17 heavy (non-hydrogen) atoms. The number of hydrogen-bond donors (Lipinski definition) is 1. The van der Waals surface area contributed by atoms with Gasteiger partial charge in [0.15, 0.2) is 0 Å². The summed E-state index contributed by atoms with van der Waals surface area (Å²) in [7, 11) is -3.60. The number of rotatable bonds is 0. The number of halogens is 1. The molecule has 0 spiro atoms. The van der Waals surface area contributed by atoms with Gasteiger partial charge in [-0.15, -0.1) is 0 Å². The first kappa shape index (κ1) is 10.8. The molecule has 1 heterocycles. The zero-order chi connectivity index (χ0) is 12.2. The Morgan fingerprint density at radius 3 is 2.59 bits per heavy atom. The number of aromatic hydroxyl groups is 1. The summed E-state index contributed by atoms with van der Waals surface area (Å²) in [6, 6.07) is 9.81. The normalized spacial score (nSPS) is 15.4. The molecule has 0 saturated heterocycles. The summed E-state index contributed by atoms with van der Waals surface area (Å²) in [6.45, 7) is 0. The molecule has 0 bridgehead atoms. The molecular weight excluding hydrogens is 304 g/mol. The van der Waals surface area contributed by atoms with Gasteiger partial charge >= 0.3 is 0 Å². The molecule has 1 aliphatic rings. The third-order valence-corrected chi connectivity index (χ3v) is 5.16. The van der Waals surface area contributed by atoms with Gasteiger partial charge in [-0.1, -0.05) is 34.1 Å². The summed E-state index contributed by atoms with van der Waals surface area (Å²) in [5.41, 5.74) is 1.20. The molecular formula is C12H7BrO3S. The summed E-state index contributed by atoms with van der Waals surface area (Å²) in [4.78, 5) is 0.247. The molecule has 2 aromatic carbocycles. The Bertz CT molecular complexity index is 735. The lowest BCUT2D eigenvalue weighted by molar-refractivity contribution is 0.460. The van der Waals surface area contributed by atoms with Gasteiger partial charge in [-0.3, -0.25) is 0 Å². The number of benzene rings is 2. The minimum Gasteiger partial charge on any atom is -0.507 e. The van der Waals surface area contributed by atoms with Crippen molar-refractivity contribution in [3.8, 4) is 16.9 Å². The van der Waals surface area contributed by atoms with Crippen molar-refractivity contribution in [1.82, 2.24) is 0 Å². The molecule has 0 saturated carbocycles. The average Bonchev–Trinajstić information content (AvgIpc) is 2.49. The highest BCUT2D eigenvalue weighted by Gasteiger charge is 2.35. The second-order valence-electron chi connectivity index (χ2n) is 3.80. The zero-order valence-electron chi connectivity index (χ0n) is 8.51. The summed E-state index contributed by atoms with van der Waals surface area (Å²) < 4.78 is 25.2. The van der Waals surface area contributed by atoms with Crippen LogP contribution >= 0.6 is 15.9 Å². The van der Waals surface area contributed by atoms with E-state index in [2.05, 4.69) is 15.9 Å². The summed E-state index contributed by atoms with van der Waals surface area (Å²) in [6.07, 6.45) is 0. The smallest absolute Gasteiger partial charge is 0.211 e. The van der Waals surface area contributed by atoms with Gasteiger partial charge in [0.25, 0.3) is 0 Å². The third kappa shape index (κ3) is 1.36. The van der Waals surface area contributed by atoms with Crippen LogP contribution in [0, 0.1) is 0 Å². The standard InChI is InChI=1S/C12H7BrO3S/c13-7-4-5-8-9-2-1-3-10(14)12(9)17(15,16)11(8)6-7/h1-6,14H. The van der Waals surface area contributed by atoms with Gasteiger partial charge in [0.05, 0.1) is 4.90 Å². The molecule has 3 nitrogen and oxygen atoms in total. The van der Waals surface area contributed by atoms with Gasteiger partial charge in [-0.2, -0.15) is 0 Å². The van der Waals surface area contributed by atoms with E-state index in [0.29, 0.717) is 15.6 Å². The second-order valence-corrected chi connectivity index (χ2v) is 6.57. The predicted octanol–water partition coefficient (Wildman–Crippen LogP) is 2.97. The molecule has 0 atom stereocenters. The van der Waals surface area contributed by atoms with Gasteiger partial charge < -0.3 is 5.11 Å². The Hall–Kier alpha value is -1.33. The summed E-state index contributed by atoms with van der Waals surface area (Å²) in [5, 5.41) is 9.72. The van der Waals surface area contributed by atoms with Crippen molar-refractivity contribution >= 4 is 25.8 Å². The minimum absolute atomic E-state index is 0.00750. The lowest BCUT2D eigenvalue weighted by Crippen LogP contribution is -1.96. The number of phenolic OH excluding ortho intramolecular Hbond substituents is 1. The number of hydrogen-bond acceptors (Lipinski definition) is 3. The van der Waals surface area contributed by atoms with Crippen molar-refractivity contribution in [2.45, 2.75) is 9.79 Å². The monoisotopic (exact) mass is 310 g/mol.